The van der Waals surface area contributed by atoms with E-state index in [1.165, 1.54) is 0 Å². The van der Waals surface area contributed by atoms with Crippen LogP contribution in [0.15, 0.2) is 0 Å². The lowest BCUT2D eigenvalue weighted by Gasteiger charge is -2.44. The van der Waals surface area contributed by atoms with Crippen molar-refractivity contribution in [3.05, 3.63) is 0 Å². The molecule has 4 aliphatic rings. The van der Waals surface area contributed by atoms with Gasteiger partial charge in [-0.2, -0.15) is 0 Å². The SMILES string of the molecule is OC[C@@H]1O[C@@H](O[C@H]2[C@H](O[C@@H]3CO[C@@H](O[C@@H]4COC(O)[C@H](O)[C@H]4O)[C@H](O)[C@H]3O)OC[C@@H](O)[C@@H]2O)[C@H](O)[C@H]1O. The van der Waals surface area contributed by atoms with Crippen LogP contribution >= 0.6 is 0 Å². The van der Waals surface area contributed by atoms with Crippen molar-refractivity contribution in [2.45, 2.75) is 98.4 Å². The second-order valence-electron chi connectivity index (χ2n) is 9.30. The van der Waals surface area contributed by atoms with Crippen LogP contribution in [-0.4, -0.2) is 176 Å². The number of hydrogen-bond acceptors (Lipinski definition) is 17. The van der Waals surface area contributed by atoms with Gasteiger partial charge < -0.3 is 84.2 Å². The molecule has 0 amide bonds. The largest absolute Gasteiger partial charge is 0.394 e. The van der Waals surface area contributed by atoms with E-state index >= 15 is 0 Å². The van der Waals surface area contributed by atoms with Crippen molar-refractivity contribution in [3.63, 3.8) is 0 Å². The Balaban J connectivity index is 1.37. The van der Waals surface area contributed by atoms with Gasteiger partial charge in [0.15, 0.2) is 25.2 Å². The Bertz CT molecular complexity index is 731. The first-order valence-electron chi connectivity index (χ1n) is 11.7. The molecule has 4 heterocycles. The molecule has 0 radical (unpaired) electrons. The second-order valence-corrected chi connectivity index (χ2v) is 9.30. The molecule has 1 unspecified atom stereocenters. The summed E-state index contributed by atoms with van der Waals surface area (Å²) in [7, 11) is 0. The molecule has 10 N–H and O–H groups in total. The number of hydrogen-bond donors (Lipinski definition) is 10. The molecule has 0 aromatic heterocycles. The van der Waals surface area contributed by atoms with Gasteiger partial charge in [-0.1, -0.05) is 0 Å². The molecule has 0 aromatic rings. The molecule has 0 aliphatic carbocycles. The lowest BCUT2D eigenvalue weighted by atomic mass is 10.0. The molecule has 0 bridgehead atoms. The predicted molar refractivity (Wildman–Crippen MR) is 110 cm³/mol. The molecule has 16 atom stereocenters. The molecule has 37 heavy (non-hydrogen) atoms. The predicted octanol–water partition coefficient (Wildman–Crippen LogP) is -7.19. The first-order valence-corrected chi connectivity index (χ1v) is 11.7. The van der Waals surface area contributed by atoms with Gasteiger partial charge in [0, 0.05) is 0 Å². The van der Waals surface area contributed by atoms with Gasteiger partial charge in [-0.15, -0.1) is 0 Å². The molecule has 17 heteroatoms. The van der Waals surface area contributed by atoms with Crippen LogP contribution in [0.4, 0.5) is 0 Å². The molecular formula is C20H34O17. The Kier molecular flexibility index (Phi) is 9.69. The van der Waals surface area contributed by atoms with Crippen molar-refractivity contribution in [2.75, 3.05) is 26.4 Å². The molecule has 0 spiro atoms. The van der Waals surface area contributed by atoms with Gasteiger partial charge in [0.2, 0.25) is 0 Å². The zero-order chi connectivity index (χ0) is 27.0. The second kappa shape index (κ2) is 12.2. The van der Waals surface area contributed by atoms with Crippen molar-refractivity contribution in [1.29, 1.82) is 0 Å². The smallest absolute Gasteiger partial charge is 0.187 e. The highest BCUT2D eigenvalue weighted by Crippen LogP contribution is 2.30. The average molecular weight is 546 g/mol. The summed E-state index contributed by atoms with van der Waals surface area (Å²) in [5, 5.41) is 100. The van der Waals surface area contributed by atoms with E-state index in [4.69, 9.17) is 33.2 Å². The molecule has 216 valence electrons. The minimum absolute atomic E-state index is 0.335. The van der Waals surface area contributed by atoms with Crippen LogP contribution in [-0.2, 0) is 33.2 Å². The van der Waals surface area contributed by atoms with Crippen LogP contribution in [0.1, 0.15) is 0 Å². The summed E-state index contributed by atoms with van der Waals surface area (Å²) in [5.74, 6) is 0. The standard InChI is InChI=1S/C20H34O17/c21-1-6-10(24)15(29)19(34-6)37-16-9(23)5(22)2-32-20(16)36-8-4-33-18(14(28)12(8)26)35-7-3-31-17(30)13(27)11(7)25/h5-30H,1-4H2/t5-,6+,7-,8-,9+,10+,11+,12+,13-,14-,15-,16-,17?,18+,19+,20+/m1/s1. The number of aliphatic hydroxyl groups is 10. The summed E-state index contributed by atoms with van der Waals surface area (Å²) in [6.07, 6.45) is -24.0. The van der Waals surface area contributed by atoms with Crippen LogP contribution in [0.2, 0.25) is 0 Å². The Morgan fingerprint density at radius 3 is 1.76 bits per heavy atom. The lowest BCUT2D eigenvalue weighted by molar-refractivity contribution is -0.358. The Morgan fingerprint density at radius 1 is 0.541 bits per heavy atom. The zero-order valence-electron chi connectivity index (χ0n) is 19.4. The van der Waals surface area contributed by atoms with Gasteiger partial charge in [0.25, 0.3) is 0 Å². The maximum Gasteiger partial charge on any atom is 0.187 e. The highest BCUT2D eigenvalue weighted by molar-refractivity contribution is 4.92. The maximum atomic E-state index is 10.6. The molecule has 0 saturated carbocycles. The van der Waals surface area contributed by atoms with Gasteiger partial charge in [0.05, 0.1) is 26.4 Å². The summed E-state index contributed by atoms with van der Waals surface area (Å²) >= 11 is 0. The van der Waals surface area contributed by atoms with E-state index in [1.54, 1.807) is 0 Å². The molecular weight excluding hydrogens is 512 g/mol. The molecule has 0 aromatic carbocycles. The monoisotopic (exact) mass is 546 g/mol. The van der Waals surface area contributed by atoms with E-state index < -0.39 is 118 Å². The third-order valence-electron chi connectivity index (χ3n) is 6.73. The minimum Gasteiger partial charge on any atom is -0.394 e. The topological polar surface area (TPSA) is 267 Å². The third-order valence-corrected chi connectivity index (χ3v) is 6.73. The van der Waals surface area contributed by atoms with Gasteiger partial charge in [-0.25, -0.2) is 0 Å². The van der Waals surface area contributed by atoms with E-state index in [9.17, 15) is 51.1 Å². The summed E-state index contributed by atoms with van der Waals surface area (Å²) in [6, 6.07) is 0. The van der Waals surface area contributed by atoms with Crippen LogP contribution in [0, 0.1) is 0 Å². The average Bonchev–Trinajstić information content (AvgIpc) is 3.15. The van der Waals surface area contributed by atoms with E-state index in [0.29, 0.717) is 0 Å². The van der Waals surface area contributed by atoms with Crippen molar-refractivity contribution >= 4 is 0 Å². The van der Waals surface area contributed by atoms with E-state index in [0.717, 1.165) is 0 Å². The first-order chi connectivity index (χ1) is 17.5. The minimum atomic E-state index is -1.73. The van der Waals surface area contributed by atoms with Crippen molar-refractivity contribution < 1.29 is 84.2 Å². The highest BCUT2D eigenvalue weighted by atomic mass is 16.8. The lowest BCUT2D eigenvalue weighted by Crippen LogP contribution is -2.62. The zero-order valence-corrected chi connectivity index (χ0v) is 19.4. The van der Waals surface area contributed by atoms with Crippen molar-refractivity contribution in [3.8, 4) is 0 Å². The van der Waals surface area contributed by atoms with Crippen LogP contribution in [0.5, 0.6) is 0 Å². The van der Waals surface area contributed by atoms with Gasteiger partial charge in [-0.3, -0.25) is 0 Å². The van der Waals surface area contributed by atoms with Crippen LogP contribution in [0.3, 0.4) is 0 Å². The summed E-state index contributed by atoms with van der Waals surface area (Å²) < 4.78 is 37.5. The molecule has 4 fully saturated rings. The fourth-order valence-corrected chi connectivity index (χ4v) is 4.41. The fraction of sp³-hybridized carbons (Fsp3) is 1.00. The fourth-order valence-electron chi connectivity index (χ4n) is 4.41. The summed E-state index contributed by atoms with van der Waals surface area (Å²) in [4.78, 5) is 0. The van der Waals surface area contributed by atoms with Crippen molar-refractivity contribution in [2.24, 2.45) is 0 Å². The van der Waals surface area contributed by atoms with Gasteiger partial charge in [-0.05, 0) is 0 Å². The normalized spacial score (nSPS) is 53.4. The Morgan fingerprint density at radius 2 is 1.11 bits per heavy atom. The van der Waals surface area contributed by atoms with Gasteiger partial charge in [0.1, 0.15) is 73.2 Å². The Hall–Kier alpha value is -0.680. The molecule has 4 aliphatic heterocycles. The van der Waals surface area contributed by atoms with E-state index in [1.807, 2.05) is 0 Å². The summed E-state index contributed by atoms with van der Waals surface area (Å²) in [6.45, 7) is -1.75. The number of rotatable bonds is 7. The Labute approximate surface area is 209 Å². The number of ether oxygens (including phenoxy) is 7. The van der Waals surface area contributed by atoms with Crippen LogP contribution in [0.25, 0.3) is 0 Å². The van der Waals surface area contributed by atoms with E-state index in [2.05, 4.69) is 0 Å². The third kappa shape index (κ3) is 6.08. The summed E-state index contributed by atoms with van der Waals surface area (Å²) in [5.41, 5.74) is 0. The van der Waals surface area contributed by atoms with Gasteiger partial charge >= 0.3 is 0 Å². The number of aliphatic hydroxyl groups excluding tert-OH is 10. The molecule has 4 saturated heterocycles. The first kappa shape index (κ1) is 29.3. The quantitative estimate of drug-likeness (QED) is 0.142. The van der Waals surface area contributed by atoms with Crippen LogP contribution < -0.4 is 0 Å². The molecule has 4 rings (SSSR count). The molecule has 17 nitrogen and oxygen atoms in total. The highest BCUT2D eigenvalue weighted by Gasteiger charge is 2.51. The van der Waals surface area contributed by atoms with E-state index in [-0.39, 0.29) is 6.61 Å². The van der Waals surface area contributed by atoms with Crippen molar-refractivity contribution in [1.82, 2.24) is 0 Å². The maximum absolute atomic E-state index is 10.6.